The van der Waals surface area contributed by atoms with Crippen molar-refractivity contribution in [1.29, 1.82) is 0 Å². The first-order valence-corrected chi connectivity index (χ1v) is 5.76. The maximum Gasteiger partial charge on any atom is 0.357 e. The molecule has 2 aromatic rings. The minimum Gasteiger partial charge on any atom is -0.464 e. The first-order valence-electron chi connectivity index (χ1n) is 5.76. The molecule has 0 aliphatic carbocycles. The molecule has 7 heteroatoms. The first kappa shape index (κ1) is 11.7. The molecule has 1 aliphatic heterocycles. The number of carbonyl (C=O) groups excluding carboxylic acids is 1. The van der Waals surface area contributed by atoms with E-state index in [1.807, 2.05) is 0 Å². The molecule has 2 aromatic heterocycles. The third kappa shape index (κ3) is 2.04. The Morgan fingerprint density at radius 3 is 2.74 bits per heavy atom. The zero-order valence-electron chi connectivity index (χ0n) is 10.3. The first-order chi connectivity index (χ1) is 9.29. The zero-order valence-corrected chi connectivity index (χ0v) is 10.3. The van der Waals surface area contributed by atoms with Crippen molar-refractivity contribution in [3.05, 3.63) is 35.4 Å². The third-order valence-corrected chi connectivity index (χ3v) is 2.83. The van der Waals surface area contributed by atoms with E-state index in [9.17, 15) is 4.79 Å². The molecule has 0 saturated heterocycles. The van der Waals surface area contributed by atoms with Crippen LogP contribution in [0.5, 0.6) is 0 Å². The summed E-state index contributed by atoms with van der Waals surface area (Å²) < 4.78 is 4.75. The molecule has 3 rings (SSSR count). The Balaban J connectivity index is 2.15. The number of methoxy groups -OCH3 is 1. The summed E-state index contributed by atoms with van der Waals surface area (Å²) in [5, 5.41) is 3.13. The minimum absolute atomic E-state index is 0.278. The SMILES string of the molecule is COC(=O)c1nc(-c2ncccn2)nc2c1CNC2. The van der Waals surface area contributed by atoms with Crippen LogP contribution in [-0.4, -0.2) is 33.0 Å². The normalized spacial score (nSPS) is 13.1. The van der Waals surface area contributed by atoms with Crippen molar-refractivity contribution in [2.75, 3.05) is 7.11 Å². The van der Waals surface area contributed by atoms with Crippen LogP contribution in [0.1, 0.15) is 21.7 Å². The van der Waals surface area contributed by atoms with Crippen molar-refractivity contribution in [1.82, 2.24) is 25.3 Å². The predicted molar refractivity (Wildman–Crippen MR) is 64.9 cm³/mol. The second-order valence-corrected chi connectivity index (χ2v) is 3.99. The quantitative estimate of drug-likeness (QED) is 0.775. The molecular formula is C12H11N5O2. The summed E-state index contributed by atoms with van der Waals surface area (Å²) in [4.78, 5) is 28.6. The van der Waals surface area contributed by atoms with Crippen LogP contribution < -0.4 is 5.32 Å². The van der Waals surface area contributed by atoms with E-state index in [0.717, 1.165) is 11.3 Å². The fraction of sp³-hybridized carbons (Fsp3) is 0.250. The van der Waals surface area contributed by atoms with Gasteiger partial charge in [0.25, 0.3) is 0 Å². The number of esters is 1. The molecule has 3 heterocycles. The van der Waals surface area contributed by atoms with Gasteiger partial charge in [-0.2, -0.15) is 0 Å². The van der Waals surface area contributed by atoms with Crippen LogP contribution in [0, 0.1) is 0 Å². The number of nitrogens with zero attached hydrogens (tertiary/aromatic N) is 4. The number of rotatable bonds is 2. The summed E-state index contributed by atoms with van der Waals surface area (Å²) in [6.07, 6.45) is 3.21. The smallest absolute Gasteiger partial charge is 0.357 e. The summed E-state index contributed by atoms with van der Waals surface area (Å²) in [5.41, 5.74) is 1.85. The van der Waals surface area contributed by atoms with Crippen LogP contribution in [-0.2, 0) is 17.8 Å². The fourth-order valence-electron chi connectivity index (χ4n) is 1.95. The Morgan fingerprint density at radius 2 is 2.00 bits per heavy atom. The topological polar surface area (TPSA) is 89.9 Å². The van der Waals surface area contributed by atoms with Crippen molar-refractivity contribution >= 4 is 5.97 Å². The second-order valence-electron chi connectivity index (χ2n) is 3.99. The molecule has 0 bridgehead atoms. The van der Waals surface area contributed by atoms with Gasteiger partial charge in [0, 0.05) is 31.0 Å². The van der Waals surface area contributed by atoms with Gasteiger partial charge in [0.1, 0.15) is 0 Å². The van der Waals surface area contributed by atoms with E-state index in [0.29, 0.717) is 24.7 Å². The summed E-state index contributed by atoms with van der Waals surface area (Å²) in [5.74, 6) is 0.255. The van der Waals surface area contributed by atoms with Crippen LogP contribution in [0.2, 0.25) is 0 Å². The van der Waals surface area contributed by atoms with E-state index in [-0.39, 0.29) is 5.69 Å². The molecule has 0 fully saturated rings. The van der Waals surface area contributed by atoms with Crippen molar-refractivity contribution in [2.24, 2.45) is 0 Å². The monoisotopic (exact) mass is 257 g/mol. The molecule has 7 nitrogen and oxygen atoms in total. The lowest BCUT2D eigenvalue weighted by molar-refractivity contribution is 0.0592. The van der Waals surface area contributed by atoms with E-state index in [2.05, 4.69) is 25.3 Å². The molecule has 0 aromatic carbocycles. The highest BCUT2D eigenvalue weighted by Crippen LogP contribution is 2.20. The number of carbonyl (C=O) groups is 1. The maximum absolute atomic E-state index is 11.8. The van der Waals surface area contributed by atoms with Gasteiger partial charge in [-0.3, -0.25) is 0 Å². The Morgan fingerprint density at radius 1 is 1.21 bits per heavy atom. The molecular weight excluding hydrogens is 246 g/mol. The number of nitrogens with one attached hydrogen (secondary N) is 1. The van der Waals surface area contributed by atoms with Gasteiger partial charge in [-0.15, -0.1) is 0 Å². The molecule has 1 aliphatic rings. The van der Waals surface area contributed by atoms with Gasteiger partial charge in [-0.05, 0) is 6.07 Å². The standard InChI is InChI=1S/C12H11N5O2/c1-19-12(18)9-7-5-13-6-8(7)16-11(17-9)10-14-3-2-4-15-10/h2-4,13H,5-6H2,1H3. The molecule has 19 heavy (non-hydrogen) atoms. The molecule has 96 valence electrons. The van der Waals surface area contributed by atoms with Crippen molar-refractivity contribution in [2.45, 2.75) is 13.1 Å². The van der Waals surface area contributed by atoms with Crippen LogP contribution in [0.25, 0.3) is 11.6 Å². The second kappa shape index (κ2) is 4.69. The van der Waals surface area contributed by atoms with Crippen LogP contribution >= 0.6 is 0 Å². The summed E-state index contributed by atoms with van der Waals surface area (Å²) >= 11 is 0. The average molecular weight is 257 g/mol. The molecule has 0 unspecified atom stereocenters. The number of aromatic nitrogens is 4. The van der Waals surface area contributed by atoms with Gasteiger partial charge in [0.15, 0.2) is 17.3 Å². The minimum atomic E-state index is -0.473. The lowest BCUT2D eigenvalue weighted by Crippen LogP contribution is -2.12. The summed E-state index contributed by atoms with van der Waals surface area (Å²) in [6, 6.07) is 1.71. The van der Waals surface area contributed by atoms with Gasteiger partial charge in [-0.25, -0.2) is 24.7 Å². The van der Waals surface area contributed by atoms with Crippen molar-refractivity contribution < 1.29 is 9.53 Å². The summed E-state index contributed by atoms with van der Waals surface area (Å²) in [6.45, 7) is 1.16. The number of ether oxygens (including phenoxy) is 1. The molecule has 0 atom stereocenters. The molecule has 0 amide bonds. The van der Waals surface area contributed by atoms with Gasteiger partial charge in [0.2, 0.25) is 0 Å². The fourth-order valence-corrected chi connectivity index (χ4v) is 1.95. The lowest BCUT2D eigenvalue weighted by Gasteiger charge is -2.06. The highest BCUT2D eigenvalue weighted by Gasteiger charge is 2.24. The highest BCUT2D eigenvalue weighted by molar-refractivity contribution is 5.89. The van der Waals surface area contributed by atoms with Gasteiger partial charge < -0.3 is 10.1 Å². The predicted octanol–water partition coefficient (Wildman–Crippen LogP) is 0.323. The van der Waals surface area contributed by atoms with Crippen LogP contribution in [0.15, 0.2) is 18.5 Å². The number of hydrogen-bond donors (Lipinski definition) is 1. The largest absolute Gasteiger partial charge is 0.464 e. The number of hydrogen-bond acceptors (Lipinski definition) is 7. The van der Waals surface area contributed by atoms with Gasteiger partial charge in [-0.1, -0.05) is 0 Å². The van der Waals surface area contributed by atoms with E-state index in [1.165, 1.54) is 7.11 Å². The Labute approximate surface area is 109 Å². The summed E-state index contributed by atoms with van der Waals surface area (Å²) in [7, 11) is 1.33. The van der Waals surface area contributed by atoms with Crippen molar-refractivity contribution in [3.8, 4) is 11.6 Å². The molecule has 0 saturated carbocycles. The molecule has 1 N–H and O–H groups in total. The van der Waals surface area contributed by atoms with Crippen molar-refractivity contribution in [3.63, 3.8) is 0 Å². The Bertz CT molecular complexity index is 630. The Kier molecular flexibility index (Phi) is 2.88. The molecule has 0 spiro atoms. The third-order valence-electron chi connectivity index (χ3n) is 2.83. The molecule has 0 radical (unpaired) electrons. The van der Waals surface area contributed by atoms with Gasteiger partial charge in [0.05, 0.1) is 12.8 Å². The zero-order chi connectivity index (χ0) is 13.2. The highest BCUT2D eigenvalue weighted by atomic mass is 16.5. The van der Waals surface area contributed by atoms with E-state index >= 15 is 0 Å². The van der Waals surface area contributed by atoms with Crippen LogP contribution in [0.3, 0.4) is 0 Å². The Hall–Kier alpha value is -2.41. The van der Waals surface area contributed by atoms with E-state index in [4.69, 9.17) is 4.74 Å². The van der Waals surface area contributed by atoms with E-state index < -0.39 is 5.97 Å². The lowest BCUT2D eigenvalue weighted by atomic mass is 10.2. The van der Waals surface area contributed by atoms with Crippen LogP contribution in [0.4, 0.5) is 0 Å². The number of fused-ring (bicyclic) bond motifs is 1. The van der Waals surface area contributed by atoms with E-state index in [1.54, 1.807) is 18.5 Å². The average Bonchev–Trinajstić information content (AvgIpc) is 2.94. The van der Waals surface area contributed by atoms with Gasteiger partial charge >= 0.3 is 5.97 Å². The maximum atomic E-state index is 11.8.